The van der Waals surface area contributed by atoms with Crippen molar-refractivity contribution in [3.05, 3.63) is 0 Å². The number of hydrogen-bond acceptors (Lipinski definition) is 3. The average molecular weight is 332 g/mol. The Labute approximate surface area is 103 Å². The Hall–Kier alpha value is 0.827. The maximum absolute atomic E-state index is 5.57. The molecule has 0 aromatic rings. The lowest BCUT2D eigenvalue weighted by Crippen LogP contribution is -2.07. The Kier molecular flexibility index (Phi) is 14.6. The van der Waals surface area contributed by atoms with Crippen LogP contribution in [-0.4, -0.2) is 47.7 Å². The molecule has 0 aliphatic rings. The normalized spacial score (nSPS) is 11.6. The molecule has 0 aromatic heterocycles. The predicted octanol–water partition coefficient (Wildman–Crippen LogP) is 1.38. The highest BCUT2D eigenvalue weighted by Gasteiger charge is 1.91. The minimum Gasteiger partial charge on any atom is -0.424 e. The van der Waals surface area contributed by atoms with Crippen molar-refractivity contribution in [2.24, 2.45) is 0 Å². The summed E-state index contributed by atoms with van der Waals surface area (Å²) in [6.45, 7) is 3.05. The van der Waals surface area contributed by atoms with Gasteiger partial charge in [0, 0.05) is 20.3 Å². The lowest BCUT2D eigenvalue weighted by Gasteiger charge is -2.04. The highest BCUT2D eigenvalue weighted by atomic mass is 127. The van der Waals surface area contributed by atoms with Gasteiger partial charge in [0.1, 0.15) is 0 Å². The summed E-state index contributed by atoms with van der Waals surface area (Å²) in [6.07, 6.45) is 2.33. The van der Waals surface area contributed by atoms with Gasteiger partial charge in [-0.25, -0.2) is 0 Å². The summed E-state index contributed by atoms with van der Waals surface area (Å²) in [5.74, 6) is 0. The van der Waals surface area contributed by atoms with Crippen molar-refractivity contribution in [2.75, 3.05) is 38.0 Å². The zero-order valence-corrected chi connectivity index (χ0v) is 12.5. The standard InChI is InChI=1S/C9H21IO3Si/c1-11-7-8-12-5-3-6-13-14-9-2-4-10/h2-9,14H2,1H3. The fraction of sp³-hybridized carbons (Fsp3) is 1.00. The van der Waals surface area contributed by atoms with Crippen LogP contribution in [0.25, 0.3) is 0 Å². The third-order valence-electron chi connectivity index (χ3n) is 1.68. The number of alkyl halides is 1. The first-order valence-corrected chi connectivity index (χ1v) is 8.22. The van der Waals surface area contributed by atoms with Gasteiger partial charge < -0.3 is 13.9 Å². The molecule has 0 bridgehead atoms. The Balaban J connectivity index is 2.78. The topological polar surface area (TPSA) is 27.7 Å². The van der Waals surface area contributed by atoms with Crippen LogP contribution in [0.15, 0.2) is 0 Å². The minimum atomic E-state index is -0.229. The highest BCUT2D eigenvalue weighted by molar-refractivity contribution is 14.1. The Morgan fingerprint density at radius 3 is 2.64 bits per heavy atom. The quantitative estimate of drug-likeness (QED) is 0.248. The van der Waals surface area contributed by atoms with E-state index in [1.165, 1.54) is 16.9 Å². The number of rotatable bonds is 11. The van der Waals surface area contributed by atoms with E-state index < -0.39 is 0 Å². The van der Waals surface area contributed by atoms with Crippen molar-refractivity contribution in [1.29, 1.82) is 0 Å². The van der Waals surface area contributed by atoms with Crippen LogP contribution in [0.2, 0.25) is 6.04 Å². The second-order valence-electron chi connectivity index (χ2n) is 2.97. The highest BCUT2D eigenvalue weighted by Crippen LogP contribution is 1.95. The molecule has 0 radical (unpaired) electrons. The van der Waals surface area contributed by atoms with Crippen molar-refractivity contribution in [2.45, 2.75) is 18.9 Å². The number of methoxy groups -OCH3 is 1. The fourth-order valence-corrected chi connectivity index (χ4v) is 3.53. The number of halogens is 1. The minimum absolute atomic E-state index is 0.229. The molecule has 5 heteroatoms. The van der Waals surface area contributed by atoms with Crippen LogP contribution in [0.3, 0.4) is 0 Å². The van der Waals surface area contributed by atoms with Crippen molar-refractivity contribution in [3.8, 4) is 0 Å². The zero-order valence-electron chi connectivity index (χ0n) is 8.97. The molecule has 0 rings (SSSR count). The fourth-order valence-electron chi connectivity index (χ4n) is 0.908. The van der Waals surface area contributed by atoms with Crippen LogP contribution >= 0.6 is 22.6 Å². The van der Waals surface area contributed by atoms with E-state index in [0.717, 1.165) is 19.6 Å². The van der Waals surface area contributed by atoms with Gasteiger partial charge in [0.05, 0.1) is 13.2 Å². The Morgan fingerprint density at radius 1 is 1.07 bits per heavy atom. The summed E-state index contributed by atoms with van der Waals surface area (Å²) in [5.41, 5.74) is 0. The SMILES string of the molecule is COCCOCCCO[SiH2]CCCI. The van der Waals surface area contributed by atoms with Gasteiger partial charge in [-0.15, -0.1) is 0 Å². The van der Waals surface area contributed by atoms with Gasteiger partial charge in [0.15, 0.2) is 9.76 Å². The molecule has 0 atom stereocenters. The Morgan fingerprint density at radius 2 is 1.93 bits per heavy atom. The predicted molar refractivity (Wildman–Crippen MR) is 70.1 cm³/mol. The van der Waals surface area contributed by atoms with E-state index >= 15 is 0 Å². The van der Waals surface area contributed by atoms with Gasteiger partial charge in [-0.2, -0.15) is 0 Å². The third-order valence-corrected chi connectivity index (χ3v) is 3.81. The van der Waals surface area contributed by atoms with E-state index in [2.05, 4.69) is 22.6 Å². The molecule has 0 saturated carbocycles. The first-order valence-electron chi connectivity index (χ1n) is 5.12. The molecule has 0 N–H and O–H groups in total. The van der Waals surface area contributed by atoms with E-state index in [9.17, 15) is 0 Å². The van der Waals surface area contributed by atoms with Crippen molar-refractivity contribution in [1.82, 2.24) is 0 Å². The maximum atomic E-state index is 5.57. The second kappa shape index (κ2) is 13.8. The van der Waals surface area contributed by atoms with E-state index in [1.807, 2.05) is 0 Å². The molecule has 0 heterocycles. The molecule has 3 nitrogen and oxygen atoms in total. The van der Waals surface area contributed by atoms with Crippen molar-refractivity contribution < 1.29 is 13.9 Å². The van der Waals surface area contributed by atoms with Gasteiger partial charge in [0.25, 0.3) is 0 Å². The third kappa shape index (κ3) is 12.8. The summed E-state index contributed by atoms with van der Waals surface area (Å²) in [6, 6.07) is 1.31. The summed E-state index contributed by atoms with van der Waals surface area (Å²) >= 11 is 2.41. The zero-order chi connectivity index (χ0) is 10.5. The van der Waals surface area contributed by atoms with E-state index in [4.69, 9.17) is 13.9 Å². The van der Waals surface area contributed by atoms with Crippen molar-refractivity contribution in [3.63, 3.8) is 0 Å². The molecule has 0 aromatic carbocycles. The smallest absolute Gasteiger partial charge is 0.161 e. The van der Waals surface area contributed by atoms with Crippen LogP contribution in [-0.2, 0) is 13.9 Å². The molecule has 0 saturated heterocycles. The van der Waals surface area contributed by atoms with Crippen LogP contribution in [0.5, 0.6) is 0 Å². The van der Waals surface area contributed by atoms with Gasteiger partial charge in [0.2, 0.25) is 0 Å². The molecule has 0 aliphatic carbocycles. The van der Waals surface area contributed by atoms with Gasteiger partial charge in [-0.05, 0) is 23.3 Å². The summed E-state index contributed by atoms with van der Waals surface area (Å²) < 4.78 is 17.0. The largest absolute Gasteiger partial charge is 0.424 e. The van der Waals surface area contributed by atoms with Crippen LogP contribution in [0.1, 0.15) is 12.8 Å². The van der Waals surface area contributed by atoms with Crippen molar-refractivity contribution >= 4 is 32.4 Å². The van der Waals surface area contributed by atoms with Crippen LogP contribution in [0.4, 0.5) is 0 Å². The lowest BCUT2D eigenvalue weighted by molar-refractivity contribution is 0.0646. The van der Waals surface area contributed by atoms with Gasteiger partial charge >= 0.3 is 0 Å². The van der Waals surface area contributed by atoms with E-state index in [-0.39, 0.29) is 9.76 Å². The first-order chi connectivity index (χ1) is 6.91. The van der Waals surface area contributed by atoms with Crippen LogP contribution in [0, 0.1) is 0 Å². The number of hydrogen-bond donors (Lipinski definition) is 0. The van der Waals surface area contributed by atoms with E-state index in [0.29, 0.717) is 13.2 Å². The summed E-state index contributed by atoms with van der Waals surface area (Å²) in [4.78, 5) is 0. The lowest BCUT2D eigenvalue weighted by atomic mass is 10.5. The second-order valence-corrected chi connectivity index (χ2v) is 5.57. The summed E-state index contributed by atoms with van der Waals surface area (Å²) in [5, 5.41) is 0. The molecule has 0 aliphatic heterocycles. The number of ether oxygens (including phenoxy) is 2. The van der Waals surface area contributed by atoms with Crippen LogP contribution < -0.4 is 0 Å². The molecule has 0 amide bonds. The van der Waals surface area contributed by atoms with Gasteiger partial charge in [-0.3, -0.25) is 0 Å². The molecule has 0 spiro atoms. The molecule has 14 heavy (non-hydrogen) atoms. The molecule has 0 fully saturated rings. The monoisotopic (exact) mass is 332 g/mol. The average Bonchev–Trinajstić information content (AvgIpc) is 2.21. The molecular formula is C9H21IO3Si. The first kappa shape index (κ1) is 14.8. The maximum Gasteiger partial charge on any atom is 0.161 e. The van der Waals surface area contributed by atoms with Gasteiger partial charge in [-0.1, -0.05) is 22.6 Å². The van der Waals surface area contributed by atoms with E-state index in [1.54, 1.807) is 7.11 Å². The molecular weight excluding hydrogens is 311 g/mol. The molecule has 0 unspecified atom stereocenters. The molecule has 86 valence electrons. The summed E-state index contributed by atoms with van der Waals surface area (Å²) in [7, 11) is 1.46. The Bertz CT molecular complexity index is 94.1.